The molecule has 1 aliphatic carbocycles. The Labute approximate surface area is 120 Å². The molecular weight excluding hydrogens is 248 g/mol. The van der Waals surface area contributed by atoms with E-state index >= 15 is 0 Å². The molecule has 0 atom stereocenters. The second kappa shape index (κ2) is 6.42. The van der Waals surface area contributed by atoms with Gasteiger partial charge in [0.1, 0.15) is 0 Å². The summed E-state index contributed by atoms with van der Waals surface area (Å²) in [5.74, 6) is 0. The molecule has 3 heteroatoms. The fourth-order valence-electron chi connectivity index (χ4n) is 2.65. The van der Waals surface area contributed by atoms with Crippen LogP contribution in [-0.2, 0) is 13.1 Å². The maximum atomic E-state index is 8.83. The highest BCUT2D eigenvalue weighted by atomic mass is 16.2. The highest BCUT2D eigenvalue weighted by molar-refractivity contribution is 5.80. The Kier molecular flexibility index (Phi) is 4.38. The summed E-state index contributed by atoms with van der Waals surface area (Å²) in [7, 11) is 0. The molecule has 1 saturated carbocycles. The number of aromatic nitrogens is 1. The number of aliphatic hydroxyl groups is 1. The van der Waals surface area contributed by atoms with Crippen LogP contribution in [0, 0.1) is 0 Å². The first kappa shape index (κ1) is 13.7. The van der Waals surface area contributed by atoms with Crippen molar-refractivity contribution in [3.63, 3.8) is 0 Å². The zero-order chi connectivity index (χ0) is 13.8. The molecular formula is C17H24N2O. The van der Waals surface area contributed by atoms with Crippen molar-refractivity contribution in [2.45, 2.75) is 51.2 Å². The molecule has 0 aliphatic heterocycles. The van der Waals surface area contributed by atoms with Gasteiger partial charge in [-0.15, -0.1) is 0 Å². The molecule has 0 unspecified atom stereocenters. The summed E-state index contributed by atoms with van der Waals surface area (Å²) in [6, 6.07) is 9.73. The second-order valence-electron chi connectivity index (χ2n) is 5.84. The van der Waals surface area contributed by atoms with Gasteiger partial charge in [0, 0.05) is 37.5 Å². The van der Waals surface area contributed by atoms with E-state index in [-0.39, 0.29) is 0 Å². The predicted molar refractivity (Wildman–Crippen MR) is 82.7 cm³/mol. The number of benzene rings is 1. The minimum Gasteiger partial charge on any atom is -0.396 e. The molecule has 108 valence electrons. The van der Waals surface area contributed by atoms with E-state index in [4.69, 9.17) is 5.11 Å². The predicted octanol–water partition coefficient (Wildman–Crippen LogP) is 3.06. The van der Waals surface area contributed by atoms with E-state index in [2.05, 4.69) is 40.3 Å². The molecule has 0 spiro atoms. The van der Waals surface area contributed by atoms with Gasteiger partial charge in [0.15, 0.2) is 0 Å². The van der Waals surface area contributed by atoms with Crippen LogP contribution in [-0.4, -0.2) is 22.3 Å². The third kappa shape index (κ3) is 3.41. The van der Waals surface area contributed by atoms with Gasteiger partial charge in [0.2, 0.25) is 0 Å². The van der Waals surface area contributed by atoms with E-state index in [1.807, 2.05) is 0 Å². The molecule has 1 aromatic carbocycles. The summed E-state index contributed by atoms with van der Waals surface area (Å²) in [4.78, 5) is 0. The summed E-state index contributed by atoms with van der Waals surface area (Å²) in [5.41, 5.74) is 2.71. The molecule has 0 saturated heterocycles. The van der Waals surface area contributed by atoms with Crippen LogP contribution in [0.5, 0.6) is 0 Å². The maximum Gasteiger partial charge on any atom is 0.0483 e. The number of rotatable bonds is 8. The zero-order valence-corrected chi connectivity index (χ0v) is 12.0. The Bertz CT molecular complexity index is 557. The Hall–Kier alpha value is -1.32. The van der Waals surface area contributed by atoms with E-state index in [0.29, 0.717) is 6.61 Å². The van der Waals surface area contributed by atoms with E-state index in [1.165, 1.54) is 29.3 Å². The number of aryl methyl sites for hydroxylation is 1. The normalized spacial score (nSPS) is 15.1. The molecule has 1 heterocycles. The molecule has 0 amide bonds. The third-order valence-corrected chi connectivity index (χ3v) is 4.07. The fourth-order valence-corrected chi connectivity index (χ4v) is 2.65. The van der Waals surface area contributed by atoms with Gasteiger partial charge >= 0.3 is 0 Å². The molecule has 3 rings (SSSR count). The summed E-state index contributed by atoms with van der Waals surface area (Å²) < 4.78 is 2.34. The van der Waals surface area contributed by atoms with E-state index in [0.717, 1.165) is 38.4 Å². The topological polar surface area (TPSA) is 37.2 Å². The minimum absolute atomic E-state index is 0.309. The molecule has 1 fully saturated rings. The quantitative estimate of drug-likeness (QED) is 0.725. The van der Waals surface area contributed by atoms with Crippen molar-refractivity contribution in [1.29, 1.82) is 0 Å². The van der Waals surface area contributed by atoms with Crippen LogP contribution in [0.25, 0.3) is 10.9 Å². The first-order chi connectivity index (χ1) is 9.86. The Morgan fingerprint density at radius 3 is 2.85 bits per heavy atom. The van der Waals surface area contributed by atoms with E-state index < -0.39 is 0 Å². The summed E-state index contributed by atoms with van der Waals surface area (Å²) >= 11 is 0. The zero-order valence-electron chi connectivity index (χ0n) is 12.0. The van der Waals surface area contributed by atoms with Gasteiger partial charge in [-0.05, 0) is 55.2 Å². The van der Waals surface area contributed by atoms with Crippen LogP contribution in [0.2, 0.25) is 0 Å². The SMILES string of the molecule is OCCCCCn1ccc2ccc(CNC3CC3)cc21. The molecule has 3 nitrogen and oxygen atoms in total. The number of unbranched alkanes of at least 4 members (excludes halogenated alkanes) is 2. The van der Waals surface area contributed by atoms with Crippen LogP contribution in [0.15, 0.2) is 30.5 Å². The van der Waals surface area contributed by atoms with Crippen LogP contribution in [0.4, 0.5) is 0 Å². The number of nitrogens with one attached hydrogen (secondary N) is 1. The average Bonchev–Trinajstić information content (AvgIpc) is 3.22. The highest BCUT2D eigenvalue weighted by Crippen LogP contribution is 2.21. The number of hydrogen-bond donors (Lipinski definition) is 2. The summed E-state index contributed by atoms with van der Waals surface area (Å²) in [5, 5.41) is 13.7. The lowest BCUT2D eigenvalue weighted by atomic mass is 10.1. The molecule has 2 aromatic rings. The molecule has 20 heavy (non-hydrogen) atoms. The lowest BCUT2D eigenvalue weighted by Gasteiger charge is -2.07. The maximum absolute atomic E-state index is 8.83. The standard InChI is InChI=1S/C17H24N2O/c20-11-3-1-2-9-19-10-8-15-5-4-14(12-17(15)19)13-18-16-6-7-16/h4-5,8,10,12,16,18,20H,1-3,6-7,9,11,13H2. The smallest absolute Gasteiger partial charge is 0.0483 e. The molecule has 0 bridgehead atoms. The average molecular weight is 272 g/mol. The number of hydrogen-bond acceptors (Lipinski definition) is 2. The van der Waals surface area contributed by atoms with Crippen molar-refractivity contribution >= 4 is 10.9 Å². The third-order valence-electron chi connectivity index (χ3n) is 4.07. The lowest BCUT2D eigenvalue weighted by Crippen LogP contribution is -2.15. The molecule has 1 aromatic heterocycles. The summed E-state index contributed by atoms with van der Waals surface area (Å²) in [6.07, 6.45) is 8.00. The fraction of sp³-hybridized carbons (Fsp3) is 0.529. The largest absolute Gasteiger partial charge is 0.396 e. The second-order valence-corrected chi connectivity index (χ2v) is 5.84. The highest BCUT2D eigenvalue weighted by Gasteiger charge is 2.19. The summed E-state index contributed by atoms with van der Waals surface area (Å²) in [6.45, 7) is 2.34. The van der Waals surface area contributed by atoms with Gasteiger partial charge in [0.25, 0.3) is 0 Å². The Morgan fingerprint density at radius 2 is 2.05 bits per heavy atom. The lowest BCUT2D eigenvalue weighted by molar-refractivity contribution is 0.282. The van der Waals surface area contributed by atoms with Crippen LogP contribution < -0.4 is 5.32 Å². The van der Waals surface area contributed by atoms with Crippen molar-refractivity contribution in [2.24, 2.45) is 0 Å². The molecule has 2 N–H and O–H groups in total. The van der Waals surface area contributed by atoms with Crippen LogP contribution in [0.1, 0.15) is 37.7 Å². The minimum atomic E-state index is 0.309. The van der Waals surface area contributed by atoms with Crippen molar-refractivity contribution in [2.75, 3.05) is 6.61 Å². The van der Waals surface area contributed by atoms with Crippen molar-refractivity contribution in [3.05, 3.63) is 36.0 Å². The van der Waals surface area contributed by atoms with Crippen LogP contribution in [0.3, 0.4) is 0 Å². The Balaban J connectivity index is 1.66. The molecule has 1 aliphatic rings. The first-order valence-electron chi connectivity index (χ1n) is 7.79. The van der Waals surface area contributed by atoms with Crippen molar-refractivity contribution in [1.82, 2.24) is 9.88 Å². The molecule has 0 radical (unpaired) electrons. The van der Waals surface area contributed by atoms with E-state index in [9.17, 15) is 0 Å². The van der Waals surface area contributed by atoms with Crippen molar-refractivity contribution in [3.8, 4) is 0 Å². The van der Waals surface area contributed by atoms with Crippen LogP contribution >= 0.6 is 0 Å². The Morgan fingerprint density at radius 1 is 1.15 bits per heavy atom. The van der Waals surface area contributed by atoms with Gasteiger partial charge in [-0.25, -0.2) is 0 Å². The number of aliphatic hydroxyl groups excluding tert-OH is 1. The van der Waals surface area contributed by atoms with Gasteiger partial charge in [0.05, 0.1) is 0 Å². The van der Waals surface area contributed by atoms with E-state index in [1.54, 1.807) is 0 Å². The van der Waals surface area contributed by atoms with Crippen molar-refractivity contribution < 1.29 is 5.11 Å². The monoisotopic (exact) mass is 272 g/mol. The van der Waals surface area contributed by atoms with Gasteiger partial charge in [-0.3, -0.25) is 0 Å². The van der Waals surface area contributed by atoms with Gasteiger partial charge in [-0.2, -0.15) is 0 Å². The van der Waals surface area contributed by atoms with Gasteiger partial charge < -0.3 is 15.0 Å². The number of nitrogens with zero attached hydrogens (tertiary/aromatic N) is 1. The van der Waals surface area contributed by atoms with Gasteiger partial charge in [-0.1, -0.05) is 12.1 Å². The first-order valence-corrected chi connectivity index (χ1v) is 7.79. The number of fused-ring (bicyclic) bond motifs is 1.